The highest BCUT2D eigenvalue weighted by atomic mass is 19.2. The molecule has 4 rings (SSSR count). The third kappa shape index (κ3) is 5.70. The van der Waals surface area contributed by atoms with E-state index >= 15 is 4.39 Å². The van der Waals surface area contributed by atoms with E-state index in [2.05, 4.69) is 18.2 Å². The Kier molecular flexibility index (Phi) is 8.12. The fourth-order valence-electron chi connectivity index (χ4n) is 4.53. The first-order valence-electron chi connectivity index (χ1n) is 12.3. The molecule has 0 saturated heterocycles. The van der Waals surface area contributed by atoms with Crippen LogP contribution in [-0.4, -0.2) is 6.61 Å². The number of benzene rings is 3. The van der Waals surface area contributed by atoms with Crippen molar-refractivity contribution < 1.29 is 17.9 Å². The second-order valence-corrected chi connectivity index (χ2v) is 9.00. The molecule has 0 heterocycles. The van der Waals surface area contributed by atoms with Crippen molar-refractivity contribution in [3.05, 3.63) is 95.8 Å². The SMILES string of the molecule is CC=CC1CC=C(c2ccc(-c3ccc(-c4ccc(OCCCC)c(F)c4F)cc3)c(F)c2)CC1. The number of ether oxygens (including phenoxy) is 1. The van der Waals surface area contributed by atoms with Crippen molar-refractivity contribution in [1.82, 2.24) is 0 Å². The van der Waals surface area contributed by atoms with Crippen molar-refractivity contribution in [3.63, 3.8) is 0 Å². The van der Waals surface area contributed by atoms with E-state index in [1.54, 1.807) is 36.4 Å². The summed E-state index contributed by atoms with van der Waals surface area (Å²) in [6.07, 6.45) is 11.2. The van der Waals surface area contributed by atoms with Gasteiger partial charge in [-0.15, -0.1) is 0 Å². The van der Waals surface area contributed by atoms with Crippen molar-refractivity contribution in [2.75, 3.05) is 6.61 Å². The largest absolute Gasteiger partial charge is 0.490 e. The summed E-state index contributed by atoms with van der Waals surface area (Å²) in [4.78, 5) is 0. The molecule has 0 amide bonds. The molecule has 182 valence electrons. The topological polar surface area (TPSA) is 9.23 Å². The van der Waals surface area contributed by atoms with Crippen molar-refractivity contribution in [3.8, 4) is 28.0 Å². The number of hydrogen-bond acceptors (Lipinski definition) is 1. The molecule has 0 spiro atoms. The summed E-state index contributed by atoms with van der Waals surface area (Å²) in [6, 6.07) is 15.2. The van der Waals surface area contributed by atoms with Crippen LogP contribution in [0.1, 0.15) is 51.5 Å². The van der Waals surface area contributed by atoms with Crippen molar-refractivity contribution in [2.45, 2.75) is 46.0 Å². The maximum Gasteiger partial charge on any atom is 0.201 e. The maximum absolute atomic E-state index is 15.0. The van der Waals surface area contributed by atoms with Gasteiger partial charge < -0.3 is 4.74 Å². The second-order valence-electron chi connectivity index (χ2n) is 9.00. The highest BCUT2D eigenvalue weighted by molar-refractivity contribution is 5.74. The predicted octanol–water partition coefficient (Wildman–Crippen LogP) is 9.38. The van der Waals surface area contributed by atoms with Gasteiger partial charge in [-0.05, 0) is 79.0 Å². The molecule has 0 bridgehead atoms. The lowest BCUT2D eigenvalue weighted by Crippen LogP contribution is -2.03. The van der Waals surface area contributed by atoms with Gasteiger partial charge >= 0.3 is 0 Å². The molecule has 3 aromatic carbocycles. The summed E-state index contributed by atoms with van der Waals surface area (Å²) in [6.45, 7) is 4.38. The van der Waals surface area contributed by atoms with E-state index in [1.807, 2.05) is 19.9 Å². The molecule has 0 fully saturated rings. The summed E-state index contributed by atoms with van der Waals surface area (Å²) >= 11 is 0. The van der Waals surface area contributed by atoms with Gasteiger partial charge in [0.1, 0.15) is 5.82 Å². The molecule has 4 heteroatoms. The van der Waals surface area contributed by atoms with Gasteiger partial charge in [-0.1, -0.05) is 68.0 Å². The first-order valence-corrected chi connectivity index (χ1v) is 12.3. The van der Waals surface area contributed by atoms with Crippen LogP contribution in [0.5, 0.6) is 5.75 Å². The molecule has 0 radical (unpaired) electrons. The molecule has 1 unspecified atom stereocenters. The van der Waals surface area contributed by atoms with E-state index in [0.717, 1.165) is 37.7 Å². The first-order chi connectivity index (χ1) is 17.0. The van der Waals surface area contributed by atoms with E-state index in [0.29, 0.717) is 29.2 Å². The van der Waals surface area contributed by atoms with Crippen molar-refractivity contribution >= 4 is 5.57 Å². The first kappa shape index (κ1) is 24.8. The van der Waals surface area contributed by atoms with Gasteiger partial charge in [0, 0.05) is 11.1 Å². The normalized spacial score (nSPS) is 15.9. The lowest BCUT2D eigenvalue weighted by Gasteiger charge is -2.20. The quantitative estimate of drug-likeness (QED) is 0.232. The number of rotatable bonds is 8. The molecule has 1 aliphatic rings. The zero-order valence-corrected chi connectivity index (χ0v) is 20.3. The van der Waals surface area contributed by atoms with Gasteiger partial charge in [-0.2, -0.15) is 4.39 Å². The van der Waals surface area contributed by atoms with E-state index < -0.39 is 11.6 Å². The number of unbranched alkanes of at least 4 members (excludes halogenated alkanes) is 1. The Morgan fingerprint density at radius 1 is 0.886 bits per heavy atom. The molecule has 0 N–H and O–H groups in total. The van der Waals surface area contributed by atoms with Crippen molar-refractivity contribution in [2.24, 2.45) is 5.92 Å². The number of hydrogen-bond donors (Lipinski definition) is 0. The summed E-state index contributed by atoms with van der Waals surface area (Å²) in [7, 11) is 0. The molecule has 0 aromatic heterocycles. The highest BCUT2D eigenvalue weighted by Crippen LogP contribution is 2.35. The third-order valence-electron chi connectivity index (χ3n) is 6.57. The molecular formula is C31H31F3O. The third-order valence-corrected chi connectivity index (χ3v) is 6.57. The van der Waals surface area contributed by atoms with Gasteiger partial charge in [0.15, 0.2) is 11.6 Å². The summed E-state index contributed by atoms with van der Waals surface area (Å²) < 4.78 is 49.6. The Labute approximate surface area is 206 Å². The average Bonchev–Trinajstić information content (AvgIpc) is 2.88. The summed E-state index contributed by atoms with van der Waals surface area (Å²) in [5.74, 6) is -1.74. The van der Waals surface area contributed by atoms with Gasteiger partial charge in [0.2, 0.25) is 5.82 Å². The van der Waals surface area contributed by atoms with Gasteiger partial charge in [0.05, 0.1) is 6.61 Å². The molecule has 0 saturated carbocycles. The molecule has 1 aliphatic carbocycles. The Morgan fingerprint density at radius 2 is 1.57 bits per heavy atom. The summed E-state index contributed by atoms with van der Waals surface area (Å²) in [5, 5.41) is 0. The van der Waals surface area contributed by atoms with Crippen LogP contribution < -0.4 is 4.74 Å². The van der Waals surface area contributed by atoms with Crippen LogP contribution in [0.4, 0.5) is 13.2 Å². The van der Waals surface area contributed by atoms with Crippen LogP contribution in [0.15, 0.2) is 72.8 Å². The van der Waals surface area contributed by atoms with Crippen LogP contribution in [0.3, 0.4) is 0 Å². The second kappa shape index (κ2) is 11.4. The maximum atomic E-state index is 15.0. The van der Waals surface area contributed by atoms with E-state index in [-0.39, 0.29) is 17.1 Å². The van der Waals surface area contributed by atoms with Gasteiger partial charge in [0.25, 0.3) is 0 Å². The predicted molar refractivity (Wildman–Crippen MR) is 138 cm³/mol. The number of allylic oxidation sites excluding steroid dienone is 4. The standard InChI is InChI=1S/C31H31F3O/c1-3-5-19-35-29-18-17-27(30(33)31(29)34)24-13-11-23(12-14-24)26-16-15-25(20-28(26)32)22-9-7-21(6-4-2)8-10-22/h4,6,9,11-18,20-21H,3,5,7-8,10,19H2,1-2H3. The molecule has 1 nitrogen and oxygen atoms in total. The Balaban J connectivity index is 1.52. The van der Waals surface area contributed by atoms with E-state index in [9.17, 15) is 8.78 Å². The minimum atomic E-state index is -0.988. The minimum absolute atomic E-state index is 0.0797. The molecule has 3 aromatic rings. The lowest BCUT2D eigenvalue weighted by atomic mass is 9.86. The molecular weight excluding hydrogens is 445 g/mol. The van der Waals surface area contributed by atoms with Crippen LogP contribution in [0, 0.1) is 23.4 Å². The minimum Gasteiger partial charge on any atom is -0.490 e. The Hall–Kier alpha value is -3.27. The fourth-order valence-corrected chi connectivity index (χ4v) is 4.53. The molecule has 1 atom stereocenters. The average molecular weight is 477 g/mol. The monoisotopic (exact) mass is 476 g/mol. The Morgan fingerprint density at radius 3 is 2.20 bits per heavy atom. The fraction of sp³-hybridized carbons (Fsp3) is 0.290. The zero-order chi connectivity index (χ0) is 24.8. The van der Waals surface area contributed by atoms with Crippen LogP contribution >= 0.6 is 0 Å². The van der Waals surface area contributed by atoms with Crippen LogP contribution in [-0.2, 0) is 0 Å². The van der Waals surface area contributed by atoms with E-state index in [4.69, 9.17) is 4.74 Å². The number of halogens is 3. The molecule has 35 heavy (non-hydrogen) atoms. The zero-order valence-electron chi connectivity index (χ0n) is 20.3. The smallest absolute Gasteiger partial charge is 0.201 e. The van der Waals surface area contributed by atoms with E-state index in [1.165, 1.54) is 17.7 Å². The highest BCUT2D eigenvalue weighted by Gasteiger charge is 2.17. The van der Waals surface area contributed by atoms with Crippen LogP contribution in [0.2, 0.25) is 0 Å². The lowest BCUT2D eigenvalue weighted by molar-refractivity contribution is 0.289. The van der Waals surface area contributed by atoms with Gasteiger partial charge in [-0.3, -0.25) is 0 Å². The Bertz CT molecular complexity index is 1220. The van der Waals surface area contributed by atoms with Crippen LogP contribution in [0.25, 0.3) is 27.8 Å². The summed E-state index contributed by atoms with van der Waals surface area (Å²) in [5.41, 5.74) is 3.93. The van der Waals surface area contributed by atoms with Crippen molar-refractivity contribution in [1.29, 1.82) is 0 Å². The molecule has 0 aliphatic heterocycles. The van der Waals surface area contributed by atoms with Gasteiger partial charge in [-0.25, -0.2) is 8.78 Å².